The monoisotopic (exact) mass is 202 g/mol. The van der Waals surface area contributed by atoms with E-state index in [1.54, 1.807) is 0 Å². The van der Waals surface area contributed by atoms with Gasteiger partial charge in [0, 0.05) is 31.6 Å². The Morgan fingerprint density at radius 3 is 3.00 bits per heavy atom. The van der Waals surface area contributed by atoms with Gasteiger partial charge in [-0.25, -0.2) is 0 Å². The maximum atomic E-state index is 5.69. The van der Waals surface area contributed by atoms with E-state index in [-0.39, 0.29) is 0 Å². The van der Waals surface area contributed by atoms with Crippen LogP contribution in [0.5, 0.6) is 0 Å². The Balaban J connectivity index is 1.76. The van der Waals surface area contributed by atoms with Crippen LogP contribution in [0.4, 0.5) is 0 Å². The highest BCUT2D eigenvalue weighted by Gasteiger charge is 2.29. The molecule has 0 aromatic heterocycles. The van der Waals surface area contributed by atoms with E-state index in [2.05, 4.69) is 9.80 Å². The molecule has 0 N–H and O–H groups in total. The summed E-state index contributed by atoms with van der Waals surface area (Å²) < 4.78 is 0. The zero-order valence-corrected chi connectivity index (χ0v) is 8.97. The second-order valence-electron chi connectivity index (χ2n) is 4.18. The van der Waals surface area contributed by atoms with Crippen molar-refractivity contribution in [2.24, 2.45) is 0 Å². The topological polar surface area (TPSA) is 6.48 Å². The molecule has 0 amide bonds. The maximum Gasteiger partial charge on any atom is 0.0235 e. The lowest BCUT2D eigenvalue weighted by atomic mass is 10.1. The normalized spacial score (nSPS) is 30.7. The molecule has 2 aliphatic heterocycles. The molecule has 1 unspecified atom stereocenters. The van der Waals surface area contributed by atoms with Crippen LogP contribution >= 0.6 is 11.6 Å². The molecule has 0 bridgehead atoms. The van der Waals surface area contributed by atoms with Gasteiger partial charge in [0.2, 0.25) is 0 Å². The van der Waals surface area contributed by atoms with Gasteiger partial charge >= 0.3 is 0 Å². The number of rotatable bonds is 3. The summed E-state index contributed by atoms with van der Waals surface area (Å²) in [7, 11) is 0. The predicted octanol–water partition coefficient (Wildman–Crippen LogP) is 1.40. The van der Waals surface area contributed by atoms with Gasteiger partial charge in [0.25, 0.3) is 0 Å². The molecule has 2 nitrogen and oxygen atoms in total. The molecule has 0 spiro atoms. The number of halogens is 1. The third kappa shape index (κ3) is 2.36. The van der Waals surface area contributed by atoms with Crippen molar-refractivity contribution in [1.29, 1.82) is 0 Å². The molecule has 2 fully saturated rings. The average molecular weight is 203 g/mol. The van der Waals surface area contributed by atoms with Crippen LogP contribution in [0.2, 0.25) is 0 Å². The van der Waals surface area contributed by atoms with Crippen molar-refractivity contribution in [3.05, 3.63) is 0 Å². The molecule has 0 aromatic rings. The largest absolute Gasteiger partial charge is 0.300 e. The Kier molecular flexibility index (Phi) is 3.47. The number of piperazine rings is 1. The van der Waals surface area contributed by atoms with E-state index < -0.39 is 0 Å². The number of hydrogen-bond acceptors (Lipinski definition) is 2. The summed E-state index contributed by atoms with van der Waals surface area (Å²) >= 11 is 5.69. The highest BCUT2D eigenvalue weighted by Crippen LogP contribution is 2.21. The van der Waals surface area contributed by atoms with Gasteiger partial charge in [-0.1, -0.05) is 0 Å². The zero-order chi connectivity index (χ0) is 9.10. The van der Waals surface area contributed by atoms with Crippen LogP contribution in [-0.4, -0.2) is 54.4 Å². The van der Waals surface area contributed by atoms with E-state index in [1.165, 1.54) is 45.6 Å². The summed E-state index contributed by atoms with van der Waals surface area (Å²) in [4.78, 5) is 5.23. The fourth-order valence-electron chi connectivity index (χ4n) is 2.54. The van der Waals surface area contributed by atoms with E-state index in [0.717, 1.165) is 18.3 Å². The minimum absolute atomic E-state index is 0.810. The Morgan fingerprint density at radius 1 is 1.23 bits per heavy atom. The van der Waals surface area contributed by atoms with Crippen LogP contribution in [0.3, 0.4) is 0 Å². The lowest BCUT2D eigenvalue weighted by molar-refractivity contribution is 0.105. The lowest BCUT2D eigenvalue weighted by Crippen LogP contribution is -2.50. The van der Waals surface area contributed by atoms with Crippen molar-refractivity contribution >= 4 is 11.6 Å². The Labute approximate surface area is 85.8 Å². The molecule has 2 rings (SSSR count). The van der Waals surface area contributed by atoms with Gasteiger partial charge in [-0.15, -0.1) is 11.6 Å². The van der Waals surface area contributed by atoms with Crippen molar-refractivity contribution in [3.63, 3.8) is 0 Å². The SMILES string of the molecule is ClCCCN1CCN2CCCC2C1. The smallest absolute Gasteiger partial charge is 0.0235 e. The molecule has 0 radical (unpaired) electrons. The van der Waals surface area contributed by atoms with Crippen molar-refractivity contribution in [1.82, 2.24) is 9.80 Å². The Morgan fingerprint density at radius 2 is 2.15 bits per heavy atom. The number of hydrogen-bond donors (Lipinski definition) is 0. The molecule has 0 aromatic carbocycles. The molecule has 1 atom stereocenters. The van der Waals surface area contributed by atoms with Crippen LogP contribution < -0.4 is 0 Å². The summed E-state index contributed by atoms with van der Waals surface area (Å²) in [6, 6.07) is 0.865. The summed E-state index contributed by atoms with van der Waals surface area (Å²) in [6.45, 7) is 6.37. The van der Waals surface area contributed by atoms with E-state index in [0.29, 0.717) is 0 Å². The van der Waals surface area contributed by atoms with Gasteiger partial charge < -0.3 is 4.90 Å². The quantitative estimate of drug-likeness (QED) is 0.639. The molecule has 0 saturated carbocycles. The van der Waals surface area contributed by atoms with Gasteiger partial charge in [0.15, 0.2) is 0 Å². The van der Waals surface area contributed by atoms with Crippen molar-refractivity contribution in [3.8, 4) is 0 Å². The van der Waals surface area contributed by atoms with Crippen LogP contribution in [0.1, 0.15) is 19.3 Å². The zero-order valence-electron chi connectivity index (χ0n) is 8.21. The van der Waals surface area contributed by atoms with Crippen LogP contribution in [0, 0.1) is 0 Å². The first kappa shape index (κ1) is 9.75. The second-order valence-corrected chi connectivity index (χ2v) is 4.55. The van der Waals surface area contributed by atoms with E-state index in [9.17, 15) is 0 Å². The predicted molar refractivity (Wildman–Crippen MR) is 56.4 cm³/mol. The third-order valence-electron chi connectivity index (χ3n) is 3.28. The highest BCUT2D eigenvalue weighted by molar-refractivity contribution is 6.17. The number of fused-ring (bicyclic) bond motifs is 1. The third-order valence-corrected chi connectivity index (χ3v) is 3.55. The number of nitrogens with zero attached hydrogens (tertiary/aromatic N) is 2. The molecular weight excluding hydrogens is 184 g/mol. The molecule has 2 heterocycles. The average Bonchev–Trinajstić information content (AvgIpc) is 2.61. The minimum atomic E-state index is 0.810. The fraction of sp³-hybridized carbons (Fsp3) is 1.00. The van der Waals surface area contributed by atoms with E-state index >= 15 is 0 Å². The highest BCUT2D eigenvalue weighted by atomic mass is 35.5. The van der Waals surface area contributed by atoms with Crippen LogP contribution in [0.25, 0.3) is 0 Å². The molecule has 76 valence electrons. The summed E-state index contributed by atoms with van der Waals surface area (Å²) in [5.41, 5.74) is 0. The standard InChI is InChI=1S/C10H19ClN2/c11-4-2-5-12-7-8-13-6-1-3-10(13)9-12/h10H,1-9H2. The molecule has 0 aliphatic carbocycles. The minimum Gasteiger partial charge on any atom is -0.300 e. The maximum absolute atomic E-state index is 5.69. The Bertz CT molecular complexity index is 163. The second kappa shape index (κ2) is 4.63. The van der Waals surface area contributed by atoms with E-state index in [4.69, 9.17) is 11.6 Å². The molecule has 2 saturated heterocycles. The molecule has 13 heavy (non-hydrogen) atoms. The summed E-state index contributed by atoms with van der Waals surface area (Å²) in [6.07, 6.45) is 3.97. The summed E-state index contributed by atoms with van der Waals surface area (Å²) in [5.74, 6) is 0.810. The Hall–Kier alpha value is 0.210. The lowest BCUT2D eigenvalue weighted by Gasteiger charge is -2.37. The van der Waals surface area contributed by atoms with Crippen molar-refractivity contribution < 1.29 is 0 Å². The first-order valence-corrected chi connectivity index (χ1v) is 5.96. The van der Waals surface area contributed by atoms with Gasteiger partial charge in [0.05, 0.1) is 0 Å². The molecule has 2 aliphatic rings. The first-order valence-electron chi connectivity index (χ1n) is 5.42. The van der Waals surface area contributed by atoms with Crippen molar-refractivity contribution in [2.75, 3.05) is 38.6 Å². The van der Waals surface area contributed by atoms with Gasteiger partial charge in [-0.3, -0.25) is 4.90 Å². The van der Waals surface area contributed by atoms with Gasteiger partial charge in [-0.2, -0.15) is 0 Å². The molecular formula is C10H19ClN2. The molecule has 3 heteroatoms. The van der Waals surface area contributed by atoms with E-state index in [1.807, 2.05) is 0 Å². The summed E-state index contributed by atoms with van der Waals surface area (Å²) in [5, 5.41) is 0. The number of alkyl halides is 1. The van der Waals surface area contributed by atoms with Crippen molar-refractivity contribution in [2.45, 2.75) is 25.3 Å². The van der Waals surface area contributed by atoms with Crippen LogP contribution in [0.15, 0.2) is 0 Å². The van der Waals surface area contributed by atoms with Gasteiger partial charge in [0.1, 0.15) is 0 Å². The van der Waals surface area contributed by atoms with Gasteiger partial charge in [-0.05, 0) is 32.4 Å². The van der Waals surface area contributed by atoms with Crippen LogP contribution in [-0.2, 0) is 0 Å². The first-order chi connectivity index (χ1) is 6.40. The fourth-order valence-corrected chi connectivity index (χ4v) is 2.66.